The SMILES string of the molecule is CC(C)CCS(=O)(=O)Nc1cnn(CC(=O)O)c1. The molecule has 1 aromatic heterocycles. The van der Waals surface area contributed by atoms with Crippen LogP contribution in [0.15, 0.2) is 12.4 Å². The van der Waals surface area contributed by atoms with E-state index in [0.717, 1.165) is 4.68 Å². The summed E-state index contributed by atoms with van der Waals surface area (Å²) in [5.41, 5.74) is 0.278. The second-order valence-corrected chi connectivity index (χ2v) is 6.27. The Kier molecular flexibility index (Phi) is 4.71. The van der Waals surface area contributed by atoms with Gasteiger partial charge in [0.05, 0.1) is 17.6 Å². The summed E-state index contributed by atoms with van der Waals surface area (Å²) in [5.74, 6) is -0.696. The minimum atomic E-state index is -3.40. The van der Waals surface area contributed by atoms with Crippen molar-refractivity contribution in [1.82, 2.24) is 9.78 Å². The molecule has 0 unspecified atom stereocenters. The molecular weight excluding hydrogens is 258 g/mol. The van der Waals surface area contributed by atoms with E-state index in [2.05, 4.69) is 9.82 Å². The Balaban J connectivity index is 2.61. The van der Waals surface area contributed by atoms with Gasteiger partial charge in [0.25, 0.3) is 0 Å². The average Bonchev–Trinajstić information content (AvgIpc) is 2.61. The van der Waals surface area contributed by atoms with E-state index in [1.54, 1.807) is 0 Å². The lowest BCUT2D eigenvalue weighted by atomic mass is 10.2. The van der Waals surface area contributed by atoms with Crippen LogP contribution in [0.3, 0.4) is 0 Å². The van der Waals surface area contributed by atoms with Gasteiger partial charge in [-0.3, -0.25) is 14.2 Å². The Morgan fingerprint density at radius 3 is 2.78 bits per heavy atom. The minimum Gasteiger partial charge on any atom is -0.480 e. The largest absolute Gasteiger partial charge is 0.480 e. The summed E-state index contributed by atoms with van der Waals surface area (Å²) in [6.07, 6.45) is 3.20. The van der Waals surface area contributed by atoms with Crippen LogP contribution in [0.25, 0.3) is 0 Å². The summed E-state index contributed by atoms with van der Waals surface area (Å²) in [5, 5.41) is 12.3. The first-order valence-corrected chi connectivity index (χ1v) is 7.18. The number of hydrogen-bond acceptors (Lipinski definition) is 4. The molecule has 7 nitrogen and oxygen atoms in total. The van der Waals surface area contributed by atoms with Crippen LogP contribution in [0.2, 0.25) is 0 Å². The molecule has 8 heteroatoms. The zero-order valence-corrected chi connectivity index (χ0v) is 11.1. The van der Waals surface area contributed by atoms with Crippen molar-refractivity contribution in [2.45, 2.75) is 26.8 Å². The molecule has 0 saturated carbocycles. The van der Waals surface area contributed by atoms with Gasteiger partial charge in [-0.25, -0.2) is 8.42 Å². The average molecular weight is 275 g/mol. The molecule has 1 rings (SSSR count). The molecule has 102 valence electrons. The van der Waals surface area contributed by atoms with Crippen LogP contribution in [-0.4, -0.2) is 35.0 Å². The summed E-state index contributed by atoms with van der Waals surface area (Å²) >= 11 is 0. The van der Waals surface area contributed by atoms with Crippen LogP contribution in [0.4, 0.5) is 5.69 Å². The lowest BCUT2D eigenvalue weighted by Crippen LogP contribution is -2.17. The van der Waals surface area contributed by atoms with E-state index in [1.807, 2.05) is 13.8 Å². The van der Waals surface area contributed by atoms with Crippen molar-refractivity contribution in [3.8, 4) is 0 Å². The molecular formula is C10H17N3O4S. The summed E-state index contributed by atoms with van der Waals surface area (Å²) in [6, 6.07) is 0. The second-order valence-electron chi connectivity index (χ2n) is 4.42. The van der Waals surface area contributed by atoms with Gasteiger partial charge in [0.1, 0.15) is 6.54 Å². The van der Waals surface area contributed by atoms with Crippen molar-refractivity contribution in [1.29, 1.82) is 0 Å². The molecule has 0 bridgehead atoms. The van der Waals surface area contributed by atoms with Gasteiger partial charge in [0.2, 0.25) is 10.0 Å². The Hall–Kier alpha value is -1.57. The van der Waals surface area contributed by atoms with E-state index in [4.69, 9.17) is 5.11 Å². The van der Waals surface area contributed by atoms with E-state index in [9.17, 15) is 13.2 Å². The Morgan fingerprint density at radius 2 is 2.22 bits per heavy atom. The molecule has 1 aromatic rings. The minimum absolute atomic E-state index is 0.0365. The molecule has 2 N–H and O–H groups in total. The number of carboxylic acid groups (broad SMARTS) is 1. The maximum Gasteiger partial charge on any atom is 0.325 e. The molecule has 1 heterocycles. The Morgan fingerprint density at radius 1 is 1.56 bits per heavy atom. The molecule has 0 atom stereocenters. The fourth-order valence-electron chi connectivity index (χ4n) is 1.26. The number of carboxylic acids is 1. The predicted molar refractivity (Wildman–Crippen MR) is 66.7 cm³/mol. The van der Waals surface area contributed by atoms with Crippen LogP contribution in [-0.2, 0) is 21.4 Å². The van der Waals surface area contributed by atoms with Crippen LogP contribution < -0.4 is 4.72 Å². The second kappa shape index (κ2) is 5.85. The van der Waals surface area contributed by atoms with Crippen molar-refractivity contribution in [3.05, 3.63) is 12.4 Å². The van der Waals surface area contributed by atoms with Crippen LogP contribution in [0.5, 0.6) is 0 Å². The van der Waals surface area contributed by atoms with Gasteiger partial charge in [-0.1, -0.05) is 13.8 Å². The van der Waals surface area contributed by atoms with Gasteiger partial charge < -0.3 is 5.11 Å². The first kappa shape index (κ1) is 14.5. The first-order chi connectivity index (χ1) is 8.28. The number of aromatic nitrogens is 2. The smallest absolute Gasteiger partial charge is 0.325 e. The van der Waals surface area contributed by atoms with E-state index < -0.39 is 16.0 Å². The van der Waals surface area contributed by atoms with E-state index in [0.29, 0.717) is 12.3 Å². The zero-order valence-electron chi connectivity index (χ0n) is 10.3. The summed E-state index contributed by atoms with van der Waals surface area (Å²) in [4.78, 5) is 10.4. The van der Waals surface area contributed by atoms with Crippen molar-refractivity contribution in [3.63, 3.8) is 0 Å². The Bertz CT molecular complexity index is 507. The third kappa shape index (κ3) is 5.17. The number of rotatable bonds is 7. The van der Waals surface area contributed by atoms with Crippen molar-refractivity contribution < 1.29 is 18.3 Å². The quantitative estimate of drug-likeness (QED) is 0.764. The van der Waals surface area contributed by atoms with Gasteiger partial charge in [0, 0.05) is 6.20 Å². The summed E-state index contributed by atoms with van der Waals surface area (Å²) < 4.78 is 26.9. The number of nitrogens with zero attached hydrogens (tertiary/aromatic N) is 2. The van der Waals surface area contributed by atoms with Gasteiger partial charge in [-0.15, -0.1) is 0 Å². The van der Waals surface area contributed by atoms with Crippen LogP contribution in [0.1, 0.15) is 20.3 Å². The highest BCUT2D eigenvalue weighted by Crippen LogP contribution is 2.10. The van der Waals surface area contributed by atoms with Gasteiger partial charge >= 0.3 is 5.97 Å². The molecule has 0 aliphatic carbocycles. The summed E-state index contributed by atoms with van der Waals surface area (Å²) in [6.45, 7) is 3.59. The van der Waals surface area contributed by atoms with Gasteiger partial charge in [-0.2, -0.15) is 5.10 Å². The molecule has 0 saturated heterocycles. The number of hydrogen-bond donors (Lipinski definition) is 2. The topological polar surface area (TPSA) is 101 Å². The fourth-order valence-corrected chi connectivity index (χ4v) is 2.61. The molecule has 0 aliphatic heterocycles. The van der Waals surface area contributed by atoms with Crippen LogP contribution in [0, 0.1) is 5.92 Å². The number of nitrogens with one attached hydrogen (secondary N) is 1. The monoisotopic (exact) mass is 275 g/mol. The Labute approximate surface area is 106 Å². The first-order valence-electron chi connectivity index (χ1n) is 5.53. The third-order valence-electron chi connectivity index (χ3n) is 2.17. The van der Waals surface area contributed by atoms with E-state index in [-0.39, 0.29) is 18.0 Å². The number of anilines is 1. The highest BCUT2D eigenvalue weighted by atomic mass is 32.2. The molecule has 0 amide bonds. The van der Waals surface area contributed by atoms with Crippen molar-refractivity contribution >= 4 is 21.7 Å². The molecule has 0 aliphatic rings. The molecule has 0 aromatic carbocycles. The lowest BCUT2D eigenvalue weighted by molar-refractivity contribution is -0.137. The van der Waals surface area contributed by atoms with Crippen LogP contribution >= 0.6 is 0 Å². The maximum atomic E-state index is 11.7. The van der Waals surface area contributed by atoms with E-state index >= 15 is 0 Å². The normalized spacial score (nSPS) is 11.7. The van der Waals surface area contributed by atoms with Crippen molar-refractivity contribution in [2.75, 3.05) is 10.5 Å². The molecule has 0 fully saturated rings. The molecule has 18 heavy (non-hydrogen) atoms. The third-order valence-corrected chi connectivity index (χ3v) is 3.49. The standard InChI is InChI=1S/C10H17N3O4S/c1-8(2)3-4-18(16,17)12-9-5-11-13(6-9)7-10(14)15/h5-6,8,12H,3-4,7H2,1-2H3,(H,14,15). The van der Waals surface area contributed by atoms with E-state index in [1.165, 1.54) is 12.4 Å². The zero-order chi connectivity index (χ0) is 13.8. The van der Waals surface area contributed by atoms with Crippen molar-refractivity contribution in [2.24, 2.45) is 5.92 Å². The molecule has 0 radical (unpaired) electrons. The number of sulfonamides is 1. The number of aliphatic carboxylic acids is 1. The van der Waals surface area contributed by atoms with Gasteiger partial charge in [0.15, 0.2) is 0 Å². The number of carbonyl (C=O) groups is 1. The highest BCUT2D eigenvalue weighted by molar-refractivity contribution is 7.92. The fraction of sp³-hybridized carbons (Fsp3) is 0.600. The highest BCUT2D eigenvalue weighted by Gasteiger charge is 2.13. The lowest BCUT2D eigenvalue weighted by Gasteiger charge is -2.07. The summed E-state index contributed by atoms with van der Waals surface area (Å²) in [7, 11) is -3.40. The molecule has 0 spiro atoms. The maximum absolute atomic E-state index is 11.7. The predicted octanol–water partition coefficient (Wildman–Crippen LogP) is 0.755. The van der Waals surface area contributed by atoms with Gasteiger partial charge in [-0.05, 0) is 12.3 Å².